The highest BCUT2D eigenvalue weighted by atomic mass is 35.5. The Kier molecular flexibility index (Phi) is 4.61. The largest absolute Gasteiger partial charge is 0.330 e. The Bertz CT molecular complexity index is 519. The van der Waals surface area contributed by atoms with Crippen molar-refractivity contribution in [2.45, 2.75) is 39.2 Å². The summed E-state index contributed by atoms with van der Waals surface area (Å²) in [7, 11) is 0. The average molecular weight is 266 g/mol. The summed E-state index contributed by atoms with van der Waals surface area (Å²) in [6.45, 7) is 3.89. The van der Waals surface area contributed by atoms with Crippen LogP contribution in [-0.4, -0.2) is 16.1 Å². The number of fused-ring (bicyclic) bond motifs is 1. The Hall–Kier alpha value is -1.06. The minimum atomic E-state index is 0.745. The zero-order chi connectivity index (χ0) is 13.0. The second-order valence-electron chi connectivity index (χ2n) is 4.53. The van der Waals surface area contributed by atoms with E-state index in [-0.39, 0.29) is 0 Å². The number of para-hydroxylation sites is 1. The van der Waals surface area contributed by atoms with Crippen LogP contribution in [0.25, 0.3) is 11.0 Å². The highest BCUT2D eigenvalue weighted by Crippen LogP contribution is 2.25. The number of aryl methyl sites for hydroxylation is 2. The molecule has 1 heterocycles. The molecule has 0 atom stereocenters. The topological polar surface area (TPSA) is 43.8 Å². The van der Waals surface area contributed by atoms with Crippen LogP contribution in [0.5, 0.6) is 0 Å². The summed E-state index contributed by atoms with van der Waals surface area (Å²) in [6, 6.07) is 5.92. The van der Waals surface area contributed by atoms with Gasteiger partial charge in [0, 0.05) is 13.0 Å². The Morgan fingerprint density at radius 2 is 2.17 bits per heavy atom. The van der Waals surface area contributed by atoms with E-state index in [0.717, 1.165) is 60.7 Å². The number of benzene rings is 1. The summed E-state index contributed by atoms with van der Waals surface area (Å²) in [5, 5.41) is 0.790. The van der Waals surface area contributed by atoms with Crippen molar-refractivity contribution in [1.82, 2.24) is 9.55 Å². The average Bonchev–Trinajstić information content (AvgIpc) is 2.70. The van der Waals surface area contributed by atoms with Crippen molar-refractivity contribution in [3.8, 4) is 0 Å². The fraction of sp³-hybridized carbons (Fsp3) is 0.500. The molecule has 0 radical (unpaired) electrons. The predicted molar refractivity (Wildman–Crippen MR) is 77.0 cm³/mol. The van der Waals surface area contributed by atoms with Crippen LogP contribution in [0.15, 0.2) is 18.2 Å². The summed E-state index contributed by atoms with van der Waals surface area (Å²) >= 11 is 6.29. The van der Waals surface area contributed by atoms with Crippen LogP contribution in [0.2, 0.25) is 5.02 Å². The number of unbranched alkanes of at least 4 members (excludes halogenated alkanes) is 1. The number of imidazole rings is 1. The van der Waals surface area contributed by atoms with Crippen LogP contribution in [0, 0.1) is 0 Å². The van der Waals surface area contributed by atoms with E-state index in [4.69, 9.17) is 22.3 Å². The van der Waals surface area contributed by atoms with Crippen molar-refractivity contribution in [3.05, 3.63) is 29.0 Å². The lowest BCUT2D eigenvalue weighted by Gasteiger charge is -2.08. The highest BCUT2D eigenvalue weighted by Gasteiger charge is 2.12. The van der Waals surface area contributed by atoms with Crippen molar-refractivity contribution in [2.75, 3.05) is 6.54 Å². The molecule has 0 aliphatic carbocycles. The molecule has 0 spiro atoms. The first kappa shape index (κ1) is 13.4. The van der Waals surface area contributed by atoms with Crippen LogP contribution in [0.4, 0.5) is 0 Å². The van der Waals surface area contributed by atoms with Gasteiger partial charge >= 0.3 is 0 Å². The monoisotopic (exact) mass is 265 g/mol. The van der Waals surface area contributed by atoms with E-state index in [2.05, 4.69) is 11.5 Å². The third-order valence-corrected chi connectivity index (χ3v) is 3.40. The van der Waals surface area contributed by atoms with Gasteiger partial charge in [0.25, 0.3) is 0 Å². The first-order valence-corrected chi connectivity index (χ1v) is 6.99. The summed E-state index contributed by atoms with van der Waals surface area (Å²) < 4.78 is 2.26. The number of hydrogen-bond donors (Lipinski definition) is 1. The van der Waals surface area contributed by atoms with Gasteiger partial charge in [-0.2, -0.15) is 0 Å². The van der Waals surface area contributed by atoms with Crippen molar-refractivity contribution in [3.63, 3.8) is 0 Å². The molecule has 2 N–H and O–H groups in total. The molecule has 0 aliphatic rings. The fourth-order valence-electron chi connectivity index (χ4n) is 2.27. The van der Waals surface area contributed by atoms with E-state index in [9.17, 15) is 0 Å². The molecule has 0 fully saturated rings. The standard InChI is InChI=1S/C14H20ClN3/c1-2-10-18-13(8-3-4-9-16)17-12-7-5-6-11(15)14(12)18/h5-7H,2-4,8-10,16H2,1H3. The van der Waals surface area contributed by atoms with Gasteiger partial charge in [-0.3, -0.25) is 0 Å². The molecule has 0 amide bonds. The molecule has 0 saturated carbocycles. The van der Waals surface area contributed by atoms with Gasteiger partial charge in [0.1, 0.15) is 5.82 Å². The molecule has 0 unspecified atom stereocenters. The van der Waals surface area contributed by atoms with E-state index in [0.29, 0.717) is 0 Å². The zero-order valence-corrected chi connectivity index (χ0v) is 11.6. The van der Waals surface area contributed by atoms with Gasteiger partial charge in [-0.1, -0.05) is 24.6 Å². The first-order valence-electron chi connectivity index (χ1n) is 6.61. The smallest absolute Gasteiger partial charge is 0.109 e. The molecule has 0 bridgehead atoms. The quantitative estimate of drug-likeness (QED) is 0.814. The third kappa shape index (κ3) is 2.68. The molecule has 2 aromatic rings. The third-order valence-electron chi connectivity index (χ3n) is 3.10. The number of nitrogens with two attached hydrogens (primary N) is 1. The maximum atomic E-state index is 6.29. The Morgan fingerprint density at radius 3 is 2.89 bits per heavy atom. The lowest BCUT2D eigenvalue weighted by atomic mass is 10.2. The van der Waals surface area contributed by atoms with Gasteiger partial charge in [0.05, 0.1) is 16.1 Å². The van der Waals surface area contributed by atoms with Gasteiger partial charge in [-0.05, 0) is 37.9 Å². The van der Waals surface area contributed by atoms with E-state index in [1.165, 1.54) is 0 Å². The molecule has 3 nitrogen and oxygen atoms in total. The number of aromatic nitrogens is 2. The molecule has 0 aliphatic heterocycles. The summed E-state index contributed by atoms with van der Waals surface area (Å²) in [4.78, 5) is 4.70. The van der Waals surface area contributed by atoms with Crippen LogP contribution in [0.3, 0.4) is 0 Å². The van der Waals surface area contributed by atoms with E-state index in [1.807, 2.05) is 18.2 Å². The maximum absolute atomic E-state index is 6.29. The maximum Gasteiger partial charge on any atom is 0.109 e. The Balaban J connectivity index is 2.38. The fourth-order valence-corrected chi connectivity index (χ4v) is 2.54. The lowest BCUT2D eigenvalue weighted by Crippen LogP contribution is -2.05. The van der Waals surface area contributed by atoms with Crippen LogP contribution in [0.1, 0.15) is 32.0 Å². The number of hydrogen-bond acceptors (Lipinski definition) is 2. The Labute approximate surface area is 113 Å². The van der Waals surface area contributed by atoms with Crippen LogP contribution in [-0.2, 0) is 13.0 Å². The minimum Gasteiger partial charge on any atom is -0.330 e. The molecule has 1 aromatic heterocycles. The molecule has 4 heteroatoms. The van der Waals surface area contributed by atoms with Gasteiger partial charge < -0.3 is 10.3 Å². The molecular weight excluding hydrogens is 246 g/mol. The lowest BCUT2D eigenvalue weighted by molar-refractivity contribution is 0.627. The summed E-state index contributed by atoms with van der Waals surface area (Å²) in [6.07, 6.45) is 4.19. The number of rotatable bonds is 6. The van der Waals surface area contributed by atoms with Gasteiger partial charge in [-0.25, -0.2) is 4.98 Å². The van der Waals surface area contributed by atoms with E-state index >= 15 is 0 Å². The molecule has 0 saturated heterocycles. The van der Waals surface area contributed by atoms with E-state index in [1.54, 1.807) is 0 Å². The molecule has 18 heavy (non-hydrogen) atoms. The van der Waals surface area contributed by atoms with Crippen molar-refractivity contribution >= 4 is 22.6 Å². The second-order valence-corrected chi connectivity index (χ2v) is 4.94. The molecule has 1 aromatic carbocycles. The van der Waals surface area contributed by atoms with Crippen molar-refractivity contribution < 1.29 is 0 Å². The first-order chi connectivity index (χ1) is 8.77. The van der Waals surface area contributed by atoms with Gasteiger partial charge in [0.2, 0.25) is 0 Å². The SMILES string of the molecule is CCCn1c(CCCCN)nc2cccc(Cl)c21. The molecule has 98 valence electrons. The zero-order valence-electron chi connectivity index (χ0n) is 10.8. The van der Waals surface area contributed by atoms with Crippen LogP contribution < -0.4 is 5.73 Å². The second kappa shape index (κ2) is 6.21. The normalized spacial score (nSPS) is 11.3. The number of nitrogens with zero attached hydrogens (tertiary/aromatic N) is 2. The number of halogens is 1. The summed E-state index contributed by atoms with van der Waals surface area (Å²) in [5.41, 5.74) is 7.61. The van der Waals surface area contributed by atoms with Crippen molar-refractivity contribution in [1.29, 1.82) is 0 Å². The highest BCUT2D eigenvalue weighted by molar-refractivity contribution is 6.35. The minimum absolute atomic E-state index is 0.745. The van der Waals surface area contributed by atoms with Gasteiger partial charge in [0.15, 0.2) is 0 Å². The molecular formula is C14H20ClN3. The predicted octanol–water partition coefficient (Wildman–Crippen LogP) is 3.38. The van der Waals surface area contributed by atoms with Crippen molar-refractivity contribution in [2.24, 2.45) is 5.73 Å². The van der Waals surface area contributed by atoms with Gasteiger partial charge in [-0.15, -0.1) is 0 Å². The summed E-state index contributed by atoms with van der Waals surface area (Å²) in [5.74, 6) is 1.13. The Morgan fingerprint density at radius 1 is 1.33 bits per heavy atom. The van der Waals surface area contributed by atoms with E-state index < -0.39 is 0 Å². The molecule has 2 rings (SSSR count). The van der Waals surface area contributed by atoms with Crippen LogP contribution >= 0.6 is 11.6 Å².